The monoisotopic (exact) mass is 876 g/mol. The molecule has 14 heteroatoms. The van der Waals surface area contributed by atoms with Crippen LogP contribution < -0.4 is 5.32 Å². The Bertz CT molecular complexity index is 1170. The van der Waals surface area contributed by atoms with E-state index in [1.807, 2.05) is 0 Å². The molecule has 1 fully saturated rings. The van der Waals surface area contributed by atoms with Crippen molar-refractivity contribution in [3.05, 3.63) is 36.5 Å². The maximum absolute atomic E-state index is 13.0. The molecule has 60 heavy (non-hydrogen) atoms. The molecule has 13 nitrogen and oxygen atoms in total. The van der Waals surface area contributed by atoms with Crippen LogP contribution >= 0.6 is 7.82 Å². The lowest BCUT2D eigenvalue weighted by Crippen LogP contribution is -2.64. The first-order valence-corrected chi connectivity index (χ1v) is 25.0. The van der Waals surface area contributed by atoms with Crippen LogP contribution in [0.25, 0.3) is 0 Å². The zero-order valence-electron chi connectivity index (χ0n) is 37.1. The Kier molecular flexibility index (Phi) is 33.8. The number of hydrogen-bond donors (Lipinski definition) is 9. The number of nitrogens with one attached hydrogen (secondary N) is 1. The number of carbonyl (C=O) groups is 1. The van der Waals surface area contributed by atoms with Gasteiger partial charge in [0, 0.05) is 0 Å². The van der Waals surface area contributed by atoms with Crippen molar-refractivity contribution in [1.29, 1.82) is 0 Å². The minimum absolute atomic E-state index is 0.254. The summed E-state index contributed by atoms with van der Waals surface area (Å²) in [7, 11) is -5.15. The molecule has 0 aliphatic heterocycles. The van der Waals surface area contributed by atoms with Crippen LogP contribution in [-0.4, -0.2) is 108 Å². The van der Waals surface area contributed by atoms with Crippen LogP contribution in [0.1, 0.15) is 187 Å². The highest BCUT2D eigenvalue weighted by atomic mass is 31.2. The number of unbranched alkanes of at least 4 members (excludes halogenated alkanes) is 21. The number of hydrogen-bond acceptors (Lipinski definition) is 11. The van der Waals surface area contributed by atoms with Crippen molar-refractivity contribution in [3.63, 3.8) is 0 Å². The molecule has 0 aromatic heterocycles. The van der Waals surface area contributed by atoms with Gasteiger partial charge in [-0.1, -0.05) is 172 Å². The summed E-state index contributed by atoms with van der Waals surface area (Å²) in [5, 5.41) is 74.4. The van der Waals surface area contributed by atoms with E-state index in [9.17, 15) is 50.0 Å². The fourth-order valence-corrected chi connectivity index (χ4v) is 8.30. The third-order valence-corrected chi connectivity index (χ3v) is 12.2. The van der Waals surface area contributed by atoms with Gasteiger partial charge >= 0.3 is 7.82 Å². The minimum Gasteiger partial charge on any atom is -0.393 e. The van der Waals surface area contributed by atoms with Gasteiger partial charge in [-0.2, -0.15) is 0 Å². The number of rotatable bonds is 38. The summed E-state index contributed by atoms with van der Waals surface area (Å²) in [4.78, 5) is 23.4. The quantitative estimate of drug-likeness (QED) is 0.0165. The zero-order valence-corrected chi connectivity index (χ0v) is 38.0. The lowest BCUT2D eigenvalue weighted by Gasteiger charge is -2.41. The maximum atomic E-state index is 13.0. The fraction of sp³-hybridized carbons (Fsp3) is 0.848. The van der Waals surface area contributed by atoms with Crippen molar-refractivity contribution in [1.82, 2.24) is 5.32 Å². The molecule has 1 saturated carbocycles. The van der Waals surface area contributed by atoms with Crippen molar-refractivity contribution in [2.24, 2.45) is 0 Å². The van der Waals surface area contributed by atoms with Crippen LogP contribution in [0.3, 0.4) is 0 Å². The van der Waals surface area contributed by atoms with Gasteiger partial charge in [0.05, 0.1) is 31.3 Å². The van der Waals surface area contributed by atoms with Gasteiger partial charge in [-0.3, -0.25) is 13.8 Å². The Morgan fingerprint density at radius 3 is 1.47 bits per heavy atom. The molecule has 1 amide bonds. The predicted molar refractivity (Wildman–Crippen MR) is 238 cm³/mol. The third-order valence-electron chi connectivity index (χ3n) is 11.2. The summed E-state index contributed by atoms with van der Waals surface area (Å²) in [5.74, 6) is -0.607. The Morgan fingerprint density at radius 2 is 0.983 bits per heavy atom. The normalized spacial score (nSPS) is 23.7. The van der Waals surface area contributed by atoms with Crippen molar-refractivity contribution in [2.45, 2.75) is 242 Å². The highest BCUT2D eigenvalue weighted by molar-refractivity contribution is 7.47. The van der Waals surface area contributed by atoms with E-state index in [2.05, 4.69) is 43.5 Å². The molecule has 0 saturated heterocycles. The summed E-state index contributed by atoms with van der Waals surface area (Å²) in [5.41, 5.74) is 0. The van der Waals surface area contributed by atoms with Gasteiger partial charge in [0.25, 0.3) is 0 Å². The first-order valence-electron chi connectivity index (χ1n) is 23.5. The average Bonchev–Trinajstić information content (AvgIpc) is 3.22. The van der Waals surface area contributed by atoms with Gasteiger partial charge in [-0.05, 0) is 44.9 Å². The summed E-state index contributed by atoms with van der Waals surface area (Å²) in [6.45, 7) is 3.71. The van der Waals surface area contributed by atoms with Gasteiger partial charge in [0.15, 0.2) is 0 Å². The molecule has 1 rings (SSSR count). The number of phosphoric ester groups is 1. The molecule has 0 spiro atoms. The fourth-order valence-electron chi connectivity index (χ4n) is 7.33. The molecule has 0 aromatic rings. The molecule has 352 valence electrons. The molecule has 0 radical (unpaired) electrons. The molecule has 8 unspecified atom stereocenters. The number of phosphoric acid groups is 1. The van der Waals surface area contributed by atoms with E-state index in [1.165, 1.54) is 109 Å². The van der Waals surface area contributed by atoms with Crippen LogP contribution in [0.15, 0.2) is 36.5 Å². The summed E-state index contributed by atoms with van der Waals surface area (Å²) in [6, 6.07) is -1.26. The molecule has 1 aliphatic rings. The smallest absolute Gasteiger partial charge is 0.393 e. The molecule has 0 aromatic carbocycles. The Balaban J connectivity index is 2.60. The molecule has 8 atom stereocenters. The van der Waals surface area contributed by atoms with Gasteiger partial charge < -0.3 is 46.0 Å². The average molecular weight is 876 g/mol. The highest BCUT2D eigenvalue weighted by Gasteiger charge is 2.51. The van der Waals surface area contributed by atoms with E-state index >= 15 is 0 Å². The van der Waals surface area contributed by atoms with Crippen molar-refractivity contribution in [3.8, 4) is 0 Å². The van der Waals surface area contributed by atoms with Gasteiger partial charge in [-0.15, -0.1) is 0 Å². The summed E-state index contributed by atoms with van der Waals surface area (Å²) >= 11 is 0. The molecule has 0 bridgehead atoms. The second-order valence-electron chi connectivity index (χ2n) is 16.8. The van der Waals surface area contributed by atoms with Crippen LogP contribution in [0.5, 0.6) is 0 Å². The largest absolute Gasteiger partial charge is 0.472 e. The first kappa shape index (κ1) is 56.5. The summed E-state index contributed by atoms with van der Waals surface area (Å²) < 4.78 is 22.8. The predicted octanol–water partition coefficient (Wildman–Crippen LogP) is 7.75. The second kappa shape index (κ2) is 35.9. The topological polar surface area (TPSA) is 226 Å². The lowest BCUT2D eigenvalue weighted by molar-refractivity contribution is -0.220. The van der Waals surface area contributed by atoms with Gasteiger partial charge in [-0.25, -0.2) is 4.57 Å². The van der Waals surface area contributed by atoms with E-state index < -0.39 is 75.2 Å². The standard InChI is InChI=1S/C46H86NO12P/c1-3-5-7-9-11-13-15-17-18-19-20-21-22-24-26-28-30-32-34-39(49)38(36-58-60(56,57)59-46-44(54)42(52)41(51)43(53)45(46)55)47-40(50)35-37(48)33-31-29-27-25-23-16-14-12-10-8-6-4-2/h19-20,24,26,32,34,37-39,41-46,48-49,51-55H,3-18,21-23,25,27-31,33,35-36H2,1-2H3,(H,47,50)(H,56,57)/b20-19+,26-24+,34-32+. The molecular formula is C46H86NO12P. The number of allylic oxidation sites excluding steroid dienone is 5. The number of aliphatic hydroxyl groups excluding tert-OH is 7. The Labute approximate surface area is 362 Å². The second-order valence-corrected chi connectivity index (χ2v) is 18.2. The van der Waals surface area contributed by atoms with Crippen LogP contribution in [-0.2, 0) is 18.4 Å². The zero-order chi connectivity index (χ0) is 44.4. The number of amides is 1. The molecular weight excluding hydrogens is 789 g/mol. The van der Waals surface area contributed by atoms with E-state index in [-0.39, 0.29) is 6.42 Å². The van der Waals surface area contributed by atoms with E-state index in [1.54, 1.807) is 6.08 Å². The number of carbonyl (C=O) groups excluding carboxylic acids is 1. The van der Waals surface area contributed by atoms with Crippen molar-refractivity contribution < 1.29 is 59.0 Å². The van der Waals surface area contributed by atoms with Crippen LogP contribution in [0, 0.1) is 0 Å². The highest BCUT2D eigenvalue weighted by Crippen LogP contribution is 2.47. The van der Waals surface area contributed by atoms with Crippen LogP contribution in [0.4, 0.5) is 0 Å². The first-order chi connectivity index (χ1) is 28.8. The molecule has 0 heterocycles. The van der Waals surface area contributed by atoms with E-state index in [0.717, 1.165) is 44.9 Å². The Hall–Kier alpha value is -1.48. The van der Waals surface area contributed by atoms with Crippen molar-refractivity contribution in [2.75, 3.05) is 6.61 Å². The van der Waals surface area contributed by atoms with Gasteiger partial charge in [0.2, 0.25) is 5.91 Å². The maximum Gasteiger partial charge on any atom is 0.472 e. The van der Waals surface area contributed by atoms with Crippen LogP contribution in [0.2, 0.25) is 0 Å². The minimum atomic E-state index is -5.15. The third kappa shape index (κ3) is 27.6. The molecule has 1 aliphatic carbocycles. The Morgan fingerprint density at radius 1 is 0.583 bits per heavy atom. The molecule has 9 N–H and O–H groups in total. The number of aliphatic hydroxyl groups is 7. The van der Waals surface area contributed by atoms with Gasteiger partial charge in [0.1, 0.15) is 36.6 Å². The van der Waals surface area contributed by atoms with E-state index in [4.69, 9.17) is 9.05 Å². The van der Waals surface area contributed by atoms with E-state index in [0.29, 0.717) is 19.3 Å². The SMILES string of the molecule is CCCCCCCCCC/C=C/CC/C=C/CC/C=C/C(O)C(COP(=O)(O)OC1C(O)C(O)C(O)C(O)C1O)NC(=O)CC(O)CCCCCCCCCCCCCC. The van der Waals surface area contributed by atoms with Crippen molar-refractivity contribution >= 4 is 13.7 Å². The lowest BCUT2D eigenvalue weighted by atomic mass is 9.85. The summed E-state index contributed by atoms with van der Waals surface area (Å²) in [6.07, 6.45) is 26.6.